The number of hydrogen-bond donors (Lipinski definition) is 0. The summed E-state index contributed by atoms with van der Waals surface area (Å²) in [5.41, 5.74) is 0.532. The Balaban J connectivity index is 1.72. The molecule has 108 valence electrons. The number of fused-ring (bicyclic) bond motifs is 5. The number of halogens is 1. The minimum absolute atomic E-state index is 0.0944. The van der Waals surface area contributed by atoms with E-state index in [0.717, 1.165) is 6.42 Å². The van der Waals surface area contributed by atoms with E-state index in [1.807, 2.05) is 0 Å². The van der Waals surface area contributed by atoms with Gasteiger partial charge in [0.05, 0.1) is 29.7 Å². The van der Waals surface area contributed by atoms with Crippen LogP contribution in [0.25, 0.3) is 0 Å². The third kappa shape index (κ3) is 1.62. The SMILES string of the molecule is COc1ccc(N2C(=O)[C@@H]3[C@H](C2=O)[C@H]2C=C[C@H]3C2)cc1Cl. The number of carbonyl (C=O) groups is 2. The zero-order valence-corrected chi connectivity index (χ0v) is 12.2. The fourth-order valence-electron chi connectivity index (χ4n) is 3.95. The summed E-state index contributed by atoms with van der Waals surface area (Å²) < 4.78 is 5.10. The largest absolute Gasteiger partial charge is 0.495 e. The number of hydrogen-bond acceptors (Lipinski definition) is 3. The number of rotatable bonds is 2. The molecule has 1 heterocycles. The zero-order chi connectivity index (χ0) is 14.7. The molecule has 2 bridgehead atoms. The van der Waals surface area contributed by atoms with Gasteiger partial charge in [-0.15, -0.1) is 0 Å². The summed E-state index contributed by atoms with van der Waals surface area (Å²) in [6, 6.07) is 5.00. The van der Waals surface area contributed by atoms with Gasteiger partial charge in [0.1, 0.15) is 5.75 Å². The first-order valence-corrected chi connectivity index (χ1v) is 7.39. The Bertz CT molecular complexity index is 654. The Kier molecular flexibility index (Phi) is 2.67. The zero-order valence-electron chi connectivity index (χ0n) is 11.5. The number of ether oxygens (including phenoxy) is 1. The average Bonchev–Trinajstić information content (AvgIpc) is 3.13. The number of nitrogens with zero attached hydrogens (tertiary/aromatic N) is 1. The molecule has 0 unspecified atom stereocenters. The summed E-state index contributed by atoms with van der Waals surface area (Å²) >= 11 is 6.11. The van der Waals surface area contributed by atoms with Crippen molar-refractivity contribution in [1.29, 1.82) is 0 Å². The number of carbonyl (C=O) groups excluding carboxylic acids is 2. The van der Waals surface area contributed by atoms with Crippen LogP contribution in [-0.2, 0) is 9.59 Å². The summed E-state index contributed by atoms with van der Waals surface area (Å²) in [6.07, 6.45) is 5.10. The van der Waals surface area contributed by atoms with Crippen LogP contribution < -0.4 is 9.64 Å². The molecular formula is C16H14ClNO3. The van der Waals surface area contributed by atoms with Crippen LogP contribution in [0.5, 0.6) is 5.75 Å². The van der Waals surface area contributed by atoms with Crippen molar-refractivity contribution in [2.24, 2.45) is 23.7 Å². The van der Waals surface area contributed by atoms with E-state index in [1.54, 1.807) is 18.2 Å². The first kappa shape index (κ1) is 12.9. The second kappa shape index (κ2) is 4.34. The number of methoxy groups -OCH3 is 1. The Morgan fingerprint density at radius 1 is 1.14 bits per heavy atom. The summed E-state index contributed by atoms with van der Waals surface area (Å²) in [5.74, 6) is 0.403. The van der Waals surface area contributed by atoms with Gasteiger partial charge < -0.3 is 4.74 Å². The molecule has 1 aromatic carbocycles. The van der Waals surface area contributed by atoms with Crippen LogP contribution in [0, 0.1) is 23.7 Å². The van der Waals surface area contributed by atoms with Crippen LogP contribution in [-0.4, -0.2) is 18.9 Å². The van der Waals surface area contributed by atoms with Crippen molar-refractivity contribution in [2.45, 2.75) is 6.42 Å². The molecule has 21 heavy (non-hydrogen) atoms. The predicted molar refractivity (Wildman–Crippen MR) is 78.2 cm³/mol. The second-order valence-corrected chi connectivity index (χ2v) is 6.24. The highest BCUT2D eigenvalue weighted by Gasteiger charge is 2.59. The third-order valence-corrected chi connectivity index (χ3v) is 5.16. The van der Waals surface area contributed by atoms with E-state index in [9.17, 15) is 9.59 Å². The number of amides is 2. The molecule has 1 aromatic rings. The quantitative estimate of drug-likeness (QED) is 0.623. The molecule has 5 heteroatoms. The average molecular weight is 304 g/mol. The van der Waals surface area contributed by atoms with Crippen molar-refractivity contribution in [3.8, 4) is 5.75 Å². The summed E-state index contributed by atoms with van der Waals surface area (Å²) in [6.45, 7) is 0. The maximum absolute atomic E-state index is 12.7. The highest BCUT2D eigenvalue weighted by molar-refractivity contribution is 6.33. The molecule has 0 N–H and O–H groups in total. The summed E-state index contributed by atoms with van der Waals surface area (Å²) in [4.78, 5) is 26.6. The molecule has 0 aromatic heterocycles. The molecule has 4 atom stereocenters. The fraction of sp³-hybridized carbons (Fsp3) is 0.375. The van der Waals surface area contributed by atoms with Crippen LogP contribution >= 0.6 is 11.6 Å². The molecule has 4 nitrogen and oxygen atoms in total. The minimum atomic E-state index is -0.187. The van der Waals surface area contributed by atoms with E-state index in [0.29, 0.717) is 16.5 Å². The van der Waals surface area contributed by atoms with Gasteiger partial charge in [0.25, 0.3) is 0 Å². The molecular weight excluding hydrogens is 290 g/mol. The van der Waals surface area contributed by atoms with Crippen molar-refractivity contribution in [3.63, 3.8) is 0 Å². The maximum Gasteiger partial charge on any atom is 0.238 e. The van der Waals surface area contributed by atoms with Gasteiger partial charge in [-0.2, -0.15) is 0 Å². The molecule has 2 amide bonds. The van der Waals surface area contributed by atoms with Crippen molar-refractivity contribution in [3.05, 3.63) is 35.4 Å². The van der Waals surface area contributed by atoms with Crippen molar-refractivity contribution in [1.82, 2.24) is 0 Å². The van der Waals surface area contributed by atoms with Gasteiger partial charge in [-0.25, -0.2) is 4.90 Å². The first-order valence-electron chi connectivity index (χ1n) is 7.01. The molecule has 0 radical (unpaired) electrons. The van der Waals surface area contributed by atoms with E-state index in [2.05, 4.69) is 12.2 Å². The van der Waals surface area contributed by atoms with Crippen LogP contribution in [0.1, 0.15) is 6.42 Å². The van der Waals surface area contributed by atoms with Gasteiger partial charge in [-0.1, -0.05) is 23.8 Å². The first-order chi connectivity index (χ1) is 10.1. The molecule has 2 fully saturated rings. The molecule has 3 aliphatic rings. The summed E-state index contributed by atoms with van der Waals surface area (Å²) in [7, 11) is 1.53. The summed E-state index contributed by atoms with van der Waals surface area (Å²) in [5, 5.41) is 0.397. The fourth-order valence-corrected chi connectivity index (χ4v) is 4.20. The van der Waals surface area contributed by atoms with Crippen LogP contribution in [0.2, 0.25) is 5.02 Å². The van der Waals surface area contributed by atoms with E-state index in [-0.39, 0.29) is 35.5 Å². The monoisotopic (exact) mass is 303 g/mol. The lowest BCUT2D eigenvalue weighted by Gasteiger charge is -2.18. The molecule has 4 rings (SSSR count). The van der Waals surface area contributed by atoms with Gasteiger partial charge >= 0.3 is 0 Å². The van der Waals surface area contributed by atoms with E-state index in [1.165, 1.54) is 12.0 Å². The Morgan fingerprint density at radius 3 is 2.29 bits per heavy atom. The number of benzene rings is 1. The predicted octanol–water partition coefficient (Wildman–Crippen LogP) is 2.66. The van der Waals surface area contributed by atoms with Crippen molar-refractivity contribution < 1.29 is 14.3 Å². The molecule has 0 spiro atoms. The van der Waals surface area contributed by atoms with Crippen molar-refractivity contribution >= 4 is 29.1 Å². The number of anilines is 1. The lowest BCUT2D eigenvalue weighted by molar-refractivity contribution is -0.123. The maximum atomic E-state index is 12.7. The second-order valence-electron chi connectivity index (χ2n) is 5.83. The normalized spacial score (nSPS) is 33.0. The van der Waals surface area contributed by atoms with Crippen LogP contribution in [0.3, 0.4) is 0 Å². The van der Waals surface area contributed by atoms with Gasteiger partial charge in [-0.05, 0) is 36.5 Å². The molecule has 1 aliphatic heterocycles. The van der Waals surface area contributed by atoms with Crippen LogP contribution in [0.4, 0.5) is 5.69 Å². The van der Waals surface area contributed by atoms with E-state index < -0.39 is 0 Å². The number of imide groups is 1. The lowest BCUT2D eigenvalue weighted by Crippen LogP contribution is -2.32. The standard InChI is InChI=1S/C16H14ClNO3/c1-21-12-5-4-10(7-11(12)17)18-15(19)13-8-2-3-9(6-8)14(13)16(18)20/h2-5,7-9,13-14H,6H2,1H3/t8-,9-,13-,14+/m0/s1. The van der Waals surface area contributed by atoms with E-state index >= 15 is 0 Å². The smallest absolute Gasteiger partial charge is 0.238 e. The molecule has 2 aliphatic carbocycles. The highest BCUT2D eigenvalue weighted by Crippen LogP contribution is 2.53. The third-order valence-electron chi connectivity index (χ3n) is 4.86. The lowest BCUT2D eigenvalue weighted by atomic mass is 9.85. The van der Waals surface area contributed by atoms with Gasteiger partial charge in [0, 0.05) is 0 Å². The molecule has 1 saturated carbocycles. The van der Waals surface area contributed by atoms with Gasteiger partial charge in [0.2, 0.25) is 11.8 Å². The number of allylic oxidation sites excluding steroid dienone is 2. The van der Waals surface area contributed by atoms with Crippen molar-refractivity contribution in [2.75, 3.05) is 12.0 Å². The minimum Gasteiger partial charge on any atom is -0.495 e. The van der Waals surface area contributed by atoms with Gasteiger partial charge in [0.15, 0.2) is 0 Å². The Hall–Kier alpha value is -1.81. The Labute approximate surface area is 127 Å². The topological polar surface area (TPSA) is 46.6 Å². The Morgan fingerprint density at radius 2 is 1.76 bits per heavy atom. The van der Waals surface area contributed by atoms with Gasteiger partial charge in [-0.3, -0.25) is 9.59 Å². The highest BCUT2D eigenvalue weighted by atomic mass is 35.5. The molecule has 1 saturated heterocycles. The van der Waals surface area contributed by atoms with Crippen LogP contribution in [0.15, 0.2) is 30.4 Å². The van der Waals surface area contributed by atoms with E-state index in [4.69, 9.17) is 16.3 Å².